The molecule has 2 amide bonds. The summed E-state index contributed by atoms with van der Waals surface area (Å²) in [6.07, 6.45) is -0.957. The summed E-state index contributed by atoms with van der Waals surface area (Å²) < 4.78 is 16.2. The van der Waals surface area contributed by atoms with Crippen molar-refractivity contribution in [2.75, 3.05) is 33.3 Å². The molecular weight excluding hydrogens is 364 g/mol. The standard InChI is InChI=1S/C20H28N2O6/c1-13(2)27-17-7-6-16(12-18(17)26-5)20(25)28-14(3)19(24)22-10-8-21(9-11-22)15(4)23/h6-7,12-14H,8-11H2,1-5H3. The second-order valence-electron chi connectivity index (χ2n) is 6.91. The first-order valence-electron chi connectivity index (χ1n) is 9.33. The van der Waals surface area contributed by atoms with Crippen molar-refractivity contribution >= 4 is 17.8 Å². The molecule has 2 rings (SSSR count). The summed E-state index contributed by atoms with van der Waals surface area (Å²) in [6, 6.07) is 4.75. The maximum absolute atomic E-state index is 12.5. The summed E-state index contributed by atoms with van der Waals surface area (Å²) in [5.74, 6) is 0.0512. The fraction of sp³-hybridized carbons (Fsp3) is 0.550. The molecule has 8 nitrogen and oxygen atoms in total. The van der Waals surface area contributed by atoms with E-state index in [1.54, 1.807) is 28.9 Å². The second-order valence-corrected chi connectivity index (χ2v) is 6.91. The number of hydrogen-bond acceptors (Lipinski definition) is 6. The fourth-order valence-corrected chi connectivity index (χ4v) is 2.92. The highest BCUT2D eigenvalue weighted by molar-refractivity contribution is 5.93. The highest BCUT2D eigenvalue weighted by Crippen LogP contribution is 2.29. The lowest BCUT2D eigenvalue weighted by Gasteiger charge is -2.35. The molecule has 1 fully saturated rings. The lowest BCUT2D eigenvalue weighted by molar-refractivity contribution is -0.144. The maximum atomic E-state index is 12.5. The van der Waals surface area contributed by atoms with E-state index in [0.717, 1.165) is 0 Å². The van der Waals surface area contributed by atoms with Gasteiger partial charge in [-0.15, -0.1) is 0 Å². The van der Waals surface area contributed by atoms with Crippen LogP contribution in [0.4, 0.5) is 0 Å². The molecule has 154 valence electrons. The Balaban J connectivity index is 1.98. The van der Waals surface area contributed by atoms with Crippen molar-refractivity contribution < 1.29 is 28.6 Å². The molecule has 1 aliphatic heterocycles. The number of ether oxygens (including phenoxy) is 3. The van der Waals surface area contributed by atoms with Crippen LogP contribution in [0.25, 0.3) is 0 Å². The van der Waals surface area contributed by atoms with Crippen molar-refractivity contribution in [2.24, 2.45) is 0 Å². The van der Waals surface area contributed by atoms with Crippen molar-refractivity contribution in [3.8, 4) is 11.5 Å². The molecule has 28 heavy (non-hydrogen) atoms. The van der Waals surface area contributed by atoms with Crippen LogP contribution in [0, 0.1) is 0 Å². The molecule has 1 saturated heterocycles. The monoisotopic (exact) mass is 392 g/mol. The average Bonchev–Trinajstić information content (AvgIpc) is 2.67. The Hall–Kier alpha value is -2.77. The largest absolute Gasteiger partial charge is 0.493 e. The summed E-state index contributed by atoms with van der Waals surface area (Å²) in [5, 5.41) is 0. The first-order valence-corrected chi connectivity index (χ1v) is 9.33. The van der Waals surface area contributed by atoms with Gasteiger partial charge in [-0.05, 0) is 39.0 Å². The van der Waals surface area contributed by atoms with Gasteiger partial charge < -0.3 is 24.0 Å². The quantitative estimate of drug-likeness (QED) is 0.686. The maximum Gasteiger partial charge on any atom is 0.339 e. The smallest absolute Gasteiger partial charge is 0.339 e. The Kier molecular flexibility index (Phi) is 7.25. The van der Waals surface area contributed by atoms with Gasteiger partial charge in [0.15, 0.2) is 17.6 Å². The Labute approximate surface area is 165 Å². The third kappa shape index (κ3) is 5.37. The van der Waals surface area contributed by atoms with Crippen LogP contribution in [0.3, 0.4) is 0 Å². The molecule has 0 aromatic heterocycles. The van der Waals surface area contributed by atoms with Gasteiger partial charge in [0.25, 0.3) is 5.91 Å². The normalized spacial score (nSPS) is 15.2. The van der Waals surface area contributed by atoms with Crippen molar-refractivity contribution in [3.63, 3.8) is 0 Å². The number of carbonyl (C=O) groups is 3. The van der Waals surface area contributed by atoms with E-state index >= 15 is 0 Å². The summed E-state index contributed by atoms with van der Waals surface area (Å²) in [5.41, 5.74) is 0.272. The molecule has 1 atom stereocenters. The first-order chi connectivity index (χ1) is 13.2. The van der Waals surface area contributed by atoms with E-state index in [1.807, 2.05) is 13.8 Å². The number of amides is 2. The second kappa shape index (κ2) is 9.43. The highest BCUT2D eigenvalue weighted by atomic mass is 16.5. The molecule has 8 heteroatoms. The SMILES string of the molecule is COc1cc(C(=O)OC(C)C(=O)N2CCN(C(C)=O)CC2)ccc1OC(C)C. The van der Waals surface area contributed by atoms with Gasteiger partial charge in [0.2, 0.25) is 5.91 Å². The van der Waals surface area contributed by atoms with Crippen molar-refractivity contribution in [1.29, 1.82) is 0 Å². The summed E-state index contributed by atoms with van der Waals surface area (Å²) in [7, 11) is 1.49. The van der Waals surface area contributed by atoms with E-state index in [1.165, 1.54) is 20.1 Å². The summed E-state index contributed by atoms with van der Waals surface area (Å²) >= 11 is 0. The molecule has 1 aromatic rings. The van der Waals surface area contributed by atoms with Gasteiger partial charge >= 0.3 is 5.97 Å². The van der Waals surface area contributed by atoms with Crippen molar-refractivity contribution in [2.45, 2.75) is 39.9 Å². The number of nitrogens with zero attached hydrogens (tertiary/aromatic N) is 2. The Morgan fingerprint density at radius 2 is 1.57 bits per heavy atom. The molecular formula is C20H28N2O6. The molecule has 1 aliphatic rings. The lowest BCUT2D eigenvalue weighted by Crippen LogP contribution is -2.52. The fourth-order valence-electron chi connectivity index (χ4n) is 2.92. The lowest BCUT2D eigenvalue weighted by atomic mass is 10.2. The van der Waals surface area contributed by atoms with E-state index in [2.05, 4.69) is 0 Å². The van der Waals surface area contributed by atoms with Crippen LogP contribution in [0.5, 0.6) is 11.5 Å². The number of methoxy groups -OCH3 is 1. The van der Waals surface area contributed by atoms with Crippen LogP contribution in [0.2, 0.25) is 0 Å². The Morgan fingerprint density at radius 3 is 2.11 bits per heavy atom. The number of piperazine rings is 1. The van der Waals surface area contributed by atoms with Gasteiger partial charge in [0.1, 0.15) is 0 Å². The first kappa shape index (κ1) is 21.5. The zero-order chi connectivity index (χ0) is 20.8. The molecule has 0 bridgehead atoms. The number of hydrogen-bond donors (Lipinski definition) is 0. The minimum atomic E-state index is -0.922. The topological polar surface area (TPSA) is 85.4 Å². The summed E-state index contributed by atoms with van der Waals surface area (Å²) in [6.45, 7) is 8.66. The molecule has 1 unspecified atom stereocenters. The van der Waals surface area contributed by atoms with Crippen molar-refractivity contribution in [1.82, 2.24) is 9.80 Å². The zero-order valence-corrected chi connectivity index (χ0v) is 17.1. The van der Waals surface area contributed by atoms with Crippen LogP contribution < -0.4 is 9.47 Å². The summed E-state index contributed by atoms with van der Waals surface area (Å²) in [4.78, 5) is 39.7. The number of benzene rings is 1. The predicted molar refractivity (Wildman–Crippen MR) is 102 cm³/mol. The zero-order valence-electron chi connectivity index (χ0n) is 17.1. The Bertz CT molecular complexity index is 725. The molecule has 1 aromatic carbocycles. The molecule has 0 spiro atoms. The minimum Gasteiger partial charge on any atom is -0.493 e. The van der Waals surface area contributed by atoms with Crippen LogP contribution in [0.15, 0.2) is 18.2 Å². The van der Waals surface area contributed by atoms with Gasteiger partial charge in [0, 0.05) is 33.1 Å². The van der Waals surface area contributed by atoms with Crippen LogP contribution in [0.1, 0.15) is 38.1 Å². The predicted octanol–water partition coefficient (Wildman–Crippen LogP) is 1.72. The molecule has 0 aliphatic carbocycles. The van der Waals surface area contributed by atoms with Gasteiger partial charge in [-0.1, -0.05) is 0 Å². The minimum absolute atomic E-state index is 0.00887. The van der Waals surface area contributed by atoms with E-state index in [9.17, 15) is 14.4 Å². The van der Waals surface area contributed by atoms with Crippen LogP contribution >= 0.6 is 0 Å². The van der Waals surface area contributed by atoms with Crippen molar-refractivity contribution in [3.05, 3.63) is 23.8 Å². The third-order valence-corrected chi connectivity index (χ3v) is 4.43. The Morgan fingerprint density at radius 1 is 0.964 bits per heavy atom. The molecule has 1 heterocycles. The number of carbonyl (C=O) groups excluding carboxylic acids is 3. The molecule has 0 saturated carbocycles. The van der Waals surface area contributed by atoms with E-state index in [0.29, 0.717) is 37.7 Å². The molecule has 0 radical (unpaired) electrons. The van der Waals surface area contributed by atoms with E-state index < -0.39 is 12.1 Å². The van der Waals surface area contributed by atoms with Gasteiger partial charge in [-0.25, -0.2) is 4.79 Å². The van der Waals surface area contributed by atoms with E-state index in [-0.39, 0.29) is 23.5 Å². The highest BCUT2D eigenvalue weighted by Gasteiger charge is 2.28. The van der Waals surface area contributed by atoms with Gasteiger partial charge in [0.05, 0.1) is 18.8 Å². The van der Waals surface area contributed by atoms with Gasteiger partial charge in [-0.3, -0.25) is 9.59 Å². The molecule has 0 N–H and O–H groups in total. The number of rotatable bonds is 6. The van der Waals surface area contributed by atoms with Crippen LogP contribution in [-0.2, 0) is 14.3 Å². The third-order valence-electron chi connectivity index (χ3n) is 4.43. The number of esters is 1. The average molecular weight is 392 g/mol. The van der Waals surface area contributed by atoms with Crippen LogP contribution in [-0.4, -0.2) is 73.1 Å². The van der Waals surface area contributed by atoms with E-state index in [4.69, 9.17) is 14.2 Å². The van der Waals surface area contributed by atoms with Gasteiger partial charge in [-0.2, -0.15) is 0 Å².